The van der Waals surface area contributed by atoms with Gasteiger partial charge in [0, 0.05) is 13.0 Å². The van der Waals surface area contributed by atoms with Crippen molar-refractivity contribution in [1.82, 2.24) is 9.88 Å². The molecule has 1 amide bonds. The van der Waals surface area contributed by atoms with E-state index >= 15 is 0 Å². The molecule has 1 aromatic carbocycles. The van der Waals surface area contributed by atoms with Crippen molar-refractivity contribution < 1.29 is 9.53 Å². The van der Waals surface area contributed by atoms with Crippen molar-refractivity contribution in [1.29, 1.82) is 0 Å². The van der Waals surface area contributed by atoms with E-state index < -0.39 is 0 Å². The lowest BCUT2D eigenvalue weighted by atomic mass is 9.90. The highest BCUT2D eigenvalue weighted by atomic mass is 32.1. The average Bonchev–Trinajstić information content (AvgIpc) is 3.04. The summed E-state index contributed by atoms with van der Waals surface area (Å²) in [4.78, 5) is 19.4. The molecule has 1 aromatic heterocycles. The minimum Gasteiger partial charge on any atom is -0.374 e. The van der Waals surface area contributed by atoms with E-state index in [9.17, 15) is 4.79 Å². The first kappa shape index (κ1) is 16.0. The number of rotatable bonds is 4. The third kappa shape index (κ3) is 3.33. The molecule has 1 aliphatic carbocycles. The highest BCUT2D eigenvalue weighted by Gasteiger charge is 2.36. The Balaban J connectivity index is 1.32. The van der Waals surface area contributed by atoms with Gasteiger partial charge in [-0.25, -0.2) is 4.98 Å². The van der Waals surface area contributed by atoms with Crippen LogP contribution in [0.15, 0.2) is 24.3 Å². The number of nitrogens with zero attached hydrogens (tertiary/aromatic N) is 2. The quantitative estimate of drug-likeness (QED) is 0.847. The fourth-order valence-corrected chi connectivity index (χ4v) is 4.98. The van der Waals surface area contributed by atoms with Gasteiger partial charge in [-0.05, 0) is 37.8 Å². The lowest BCUT2D eigenvalue weighted by Crippen LogP contribution is -2.54. The SMILES string of the molecule is O=C(CCCc1nc2ccccc2s1)N1CCO[C@@H]2CCCC[C@@H]21. The van der Waals surface area contributed by atoms with Gasteiger partial charge in [-0.1, -0.05) is 25.0 Å². The van der Waals surface area contributed by atoms with Crippen LogP contribution in [-0.4, -0.2) is 41.1 Å². The second-order valence-electron chi connectivity index (χ2n) is 6.78. The molecular formula is C19H24N2O2S. The van der Waals surface area contributed by atoms with Gasteiger partial charge >= 0.3 is 0 Å². The minimum absolute atomic E-state index is 0.278. The van der Waals surface area contributed by atoms with Crippen LogP contribution in [0.3, 0.4) is 0 Å². The zero-order valence-electron chi connectivity index (χ0n) is 13.9. The topological polar surface area (TPSA) is 42.4 Å². The third-order valence-corrected chi connectivity index (χ3v) is 6.27. The number of hydrogen-bond donors (Lipinski definition) is 0. The molecule has 128 valence electrons. The van der Waals surface area contributed by atoms with E-state index in [1.165, 1.54) is 17.5 Å². The Bertz CT molecular complexity index is 679. The first-order valence-electron chi connectivity index (χ1n) is 9.07. The molecule has 0 unspecified atom stereocenters. The Morgan fingerprint density at radius 2 is 2.17 bits per heavy atom. The summed E-state index contributed by atoms with van der Waals surface area (Å²) < 4.78 is 7.10. The standard InChI is InChI=1S/C19H24N2O2S/c22-19(21-12-13-23-16-8-3-2-7-15(16)21)11-5-10-18-20-14-6-1-4-9-17(14)24-18/h1,4,6,9,15-16H,2-3,5,7-8,10-13H2/t15-,16+/m0/s1. The lowest BCUT2D eigenvalue weighted by molar-refractivity contribution is -0.149. The Kier molecular flexibility index (Phi) is 4.81. The number of para-hydroxylation sites is 1. The number of benzene rings is 1. The molecule has 0 radical (unpaired) electrons. The van der Waals surface area contributed by atoms with Gasteiger partial charge in [0.05, 0.1) is 34.0 Å². The molecule has 0 bridgehead atoms. The molecule has 5 heteroatoms. The number of fused-ring (bicyclic) bond motifs is 2. The van der Waals surface area contributed by atoms with Crippen LogP contribution in [0.4, 0.5) is 0 Å². The van der Waals surface area contributed by atoms with Gasteiger partial charge in [0.2, 0.25) is 5.91 Å². The highest BCUT2D eigenvalue weighted by Crippen LogP contribution is 2.29. The maximum atomic E-state index is 12.7. The highest BCUT2D eigenvalue weighted by molar-refractivity contribution is 7.18. The minimum atomic E-state index is 0.278. The second kappa shape index (κ2) is 7.19. The van der Waals surface area contributed by atoms with Crippen LogP contribution < -0.4 is 0 Å². The van der Waals surface area contributed by atoms with Crippen LogP contribution in [0.25, 0.3) is 10.2 Å². The Hall–Kier alpha value is -1.46. The first-order chi connectivity index (χ1) is 11.8. The predicted octanol–water partition coefficient (Wildman–Crippen LogP) is 3.79. The van der Waals surface area contributed by atoms with Crippen LogP contribution >= 0.6 is 11.3 Å². The van der Waals surface area contributed by atoms with Gasteiger partial charge in [0.15, 0.2) is 0 Å². The molecule has 24 heavy (non-hydrogen) atoms. The van der Waals surface area contributed by atoms with Gasteiger partial charge in [0.25, 0.3) is 0 Å². The van der Waals surface area contributed by atoms with E-state index in [0.29, 0.717) is 25.0 Å². The van der Waals surface area contributed by atoms with Crippen molar-refractivity contribution in [2.24, 2.45) is 0 Å². The number of carbonyl (C=O) groups excluding carboxylic acids is 1. The summed E-state index contributed by atoms with van der Waals surface area (Å²) in [7, 11) is 0. The van der Waals surface area contributed by atoms with Crippen molar-refractivity contribution >= 4 is 27.5 Å². The Labute approximate surface area is 146 Å². The van der Waals surface area contributed by atoms with E-state index in [2.05, 4.69) is 22.0 Å². The van der Waals surface area contributed by atoms with Gasteiger partial charge in [-0.2, -0.15) is 0 Å². The summed E-state index contributed by atoms with van der Waals surface area (Å²) >= 11 is 1.75. The van der Waals surface area contributed by atoms with Crippen LogP contribution in [0.5, 0.6) is 0 Å². The van der Waals surface area contributed by atoms with Crippen molar-refractivity contribution in [2.45, 2.75) is 57.1 Å². The zero-order valence-corrected chi connectivity index (χ0v) is 14.8. The average molecular weight is 344 g/mol. The molecule has 1 saturated carbocycles. The Morgan fingerprint density at radius 1 is 1.29 bits per heavy atom. The van der Waals surface area contributed by atoms with Crippen LogP contribution in [0, 0.1) is 0 Å². The molecule has 0 spiro atoms. The van der Waals surface area contributed by atoms with E-state index in [1.54, 1.807) is 11.3 Å². The summed E-state index contributed by atoms with van der Waals surface area (Å²) in [5, 5.41) is 1.14. The third-order valence-electron chi connectivity index (χ3n) is 5.17. The molecule has 4 rings (SSSR count). The second-order valence-corrected chi connectivity index (χ2v) is 7.89. The van der Waals surface area contributed by atoms with Gasteiger partial charge < -0.3 is 9.64 Å². The van der Waals surface area contributed by atoms with E-state index in [1.807, 2.05) is 12.1 Å². The summed E-state index contributed by atoms with van der Waals surface area (Å²) in [6.07, 6.45) is 7.35. The molecule has 2 aliphatic rings. The molecule has 1 saturated heterocycles. The lowest BCUT2D eigenvalue weighted by Gasteiger charge is -2.43. The van der Waals surface area contributed by atoms with Crippen molar-refractivity contribution in [3.63, 3.8) is 0 Å². The summed E-state index contributed by atoms with van der Waals surface area (Å²) in [5.41, 5.74) is 1.07. The number of amides is 1. The number of hydrogen-bond acceptors (Lipinski definition) is 4. The fraction of sp³-hybridized carbons (Fsp3) is 0.579. The summed E-state index contributed by atoms with van der Waals surface area (Å²) in [5.74, 6) is 0.302. The molecular weight excluding hydrogens is 320 g/mol. The number of aromatic nitrogens is 1. The predicted molar refractivity (Wildman–Crippen MR) is 96.3 cm³/mol. The van der Waals surface area contributed by atoms with E-state index in [0.717, 1.165) is 42.8 Å². The maximum absolute atomic E-state index is 12.7. The molecule has 2 heterocycles. The van der Waals surface area contributed by atoms with Crippen LogP contribution in [0.2, 0.25) is 0 Å². The summed E-state index contributed by atoms with van der Waals surface area (Å²) in [6.45, 7) is 1.46. The first-order valence-corrected chi connectivity index (χ1v) is 9.88. The monoisotopic (exact) mass is 344 g/mol. The summed E-state index contributed by atoms with van der Waals surface area (Å²) in [6, 6.07) is 8.56. The number of carbonyl (C=O) groups is 1. The number of aryl methyl sites for hydroxylation is 1. The van der Waals surface area contributed by atoms with Gasteiger partial charge in [0.1, 0.15) is 0 Å². The molecule has 2 aromatic rings. The molecule has 1 aliphatic heterocycles. The van der Waals surface area contributed by atoms with Crippen molar-refractivity contribution in [3.05, 3.63) is 29.3 Å². The van der Waals surface area contributed by atoms with Crippen molar-refractivity contribution in [2.75, 3.05) is 13.2 Å². The maximum Gasteiger partial charge on any atom is 0.222 e. The Morgan fingerprint density at radius 3 is 3.08 bits per heavy atom. The molecule has 2 fully saturated rings. The zero-order chi connectivity index (χ0) is 16.4. The van der Waals surface area contributed by atoms with Crippen molar-refractivity contribution in [3.8, 4) is 0 Å². The molecule has 2 atom stereocenters. The van der Waals surface area contributed by atoms with E-state index in [4.69, 9.17) is 4.74 Å². The van der Waals surface area contributed by atoms with Crippen LogP contribution in [0.1, 0.15) is 43.5 Å². The smallest absolute Gasteiger partial charge is 0.222 e. The largest absolute Gasteiger partial charge is 0.374 e. The van der Waals surface area contributed by atoms with Crippen LogP contribution in [-0.2, 0) is 16.0 Å². The van der Waals surface area contributed by atoms with Gasteiger partial charge in [-0.3, -0.25) is 4.79 Å². The molecule has 0 N–H and O–H groups in total. The van der Waals surface area contributed by atoms with E-state index in [-0.39, 0.29) is 6.10 Å². The number of ether oxygens (including phenoxy) is 1. The molecule has 4 nitrogen and oxygen atoms in total. The van der Waals surface area contributed by atoms with Gasteiger partial charge in [-0.15, -0.1) is 11.3 Å². The normalized spacial score (nSPS) is 24.1. The fourth-order valence-electron chi connectivity index (χ4n) is 3.97. The number of thiazole rings is 1. The number of morpholine rings is 1.